The van der Waals surface area contributed by atoms with Gasteiger partial charge in [0.15, 0.2) is 0 Å². The molecule has 1 N–H and O–H groups in total. The van der Waals surface area contributed by atoms with Gasteiger partial charge in [0.05, 0.1) is 34.2 Å². The first kappa shape index (κ1) is 26.0. The van der Waals surface area contributed by atoms with Gasteiger partial charge in [-0.2, -0.15) is 57.1 Å². The molecular formula is C12H16F13N2+. The normalized spacial score (nSPS) is 16.0. The zero-order valence-corrected chi connectivity index (χ0v) is 14.0. The molecule has 0 heterocycles. The summed E-state index contributed by atoms with van der Waals surface area (Å²) in [6.07, 6.45) is -7.39. The number of hydrogen-bond acceptors (Lipinski definition) is 1. The summed E-state index contributed by atoms with van der Waals surface area (Å²) in [5.41, 5.74) is 0. The molecular weight excluding hydrogens is 419 g/mol. The summed E-state index contributed by atoms with van der Waals surface area (Å²) in [5, 5.41) is 1.55. The van der Waals surface area contributed by atoms with Crippen molar-refractivity contribution in [2.75, 3.05) is 40.8 Å². The molecule has 0 saturated carbocycles. The minimum atomic E-state index is -7.85. The van der Waals surface area contributed by atoms with Crippen molar-refractivity contribution in [2.24, 2.45) is 0 Å². The summed E-state index contributed by atoms with van der Waals surface area (Å²) in [4.78, 5) is 0. The molecule has 15 heteroatoms. The molecule has 164 valence electrons. The van der Waals surface area contributed by atoms with E-state index in [0.717, 1.165) is 0 Å². The van der Waals surface area contributed by atoms with Crippen LogP contribution >= 0.6 is 0 Å². The Balaban J connectivity index is 5.68. The summed E-state index contributed by atoms with van der Waals surface area (Å²) in [7, 11) is 4.55. The van der Waals surface area contributed by atoms with Crippen LogP contribution in [0, 0.1) is 0 Å². The van der Waals surface area contributed by atoms with Crippen molar-refractivity contribution in [3.8, 4) is 0 Å². The summed E-state index contributed by atoms with van der Waals surface area (Å²) >= 11 is 0. The van der Waals surface area contributed by atoms with Gasteiger partial charge in [0.2, 0.25) is 0 Å². The van der Waals surface area contributed by atoms with Crippen LogP contribution in [-0.2, 0) is 0 Å². The van der Waals surface area contributed by atoms with E-state index in [2.05, 4.69) is 0 Å². The van der Waals surface area contributed by atoms with Gasteiger partial charge >= 0.3 is 35.8 Å². The van der Waals surface area contributed by atoms with Crippen molar-refractivity contribution in [2.45, 2.75) is 35.8 Å². The van der Waals surface area contributed by atoms with Crippen LogP contribution in [0.15, 0.2) is 0 Å². The van der Waals surface area contributed by atoms with E-state index in [-0.39, 0.29) is 11.0 Å². The third-order valence-corrected chi connectivity index (χ3v) is 3.30. The van der Waals surface area contributed by atoms with E-state index in [9.17, 15) is 57.1 Å². The maximum Gasteiger partial charge on any atom is 0.460 e. The Morgan fingerprint density at radius 3 is 1.30 bits per heavy atom. The van der Waals surface area contributed by atoms with Gasteiger partial charge in [0.1, 0.15) is 0 Å². The molecule has 0 unspecified atom stereocenters. The molecule has 0 radical (unpaired) electrons. The molecule has 0 bridgehead atoms. The van der Waals surface area contributed by atoms with Gasteiger partial charge < -0.3 is 9.80 Å². The smallest absolute Gasteiger partial charge is 0.330 e. The number of alkyl halides is 13. The third-order valence-electron chi connectivity index (χ3n) is 3.30. The van der Waals surface area contributed by atoms with Crippen LogP contribution < -0.4 is 5.32 Å². The standard InChI is InChI=1S/C12H16F13N2/c1-27(2,3)5-4-26-6-7(13,14)8(15,16)9(17,18)10(19,20)11(21,22)12(23,24)25/h26H,4-6H2,1-3H3/q+1. The first-order chi connectivity index (χ1) is 11.5. The van der Waals surface area contributed by atoms with Gasteiger partial charge in [0.25, 0.3) is 0 Å². The van der Waals surface area contributed by atoms with Gasteiger partial charge in [-0.1, -0.05) is 0 Å². The van der Waals surface area contributed by atoms with Gasteiger partial charge in [-0.05, 0) is 0 Å². The molecule has 0 fully saturated rings. The molecule has 0 aromatic heterocycles. The van der Waals surface area contributed by atoms with Crippen LogP contribution in [-0.4, -0.2) is 81.0 Å². The van der Waals surface area contributed by atoms with Crippen LogP contribution in [0.2, 0.25) is 0 Å². The molecule has 0 aliphatic rings. The average molecular weight is 435 g/mol. The first-order valence-electron chi connectivity index (χ1n) is 6.93. The number of quaternary nitrogens is 1. The van der Waals surface area contributed by atoms with Crippen LogP contribution in [0.4, 0.5) is 57.1 Å². The second kappa shape index (κ2) is 7.12. The fourth-order valence-electron chi connectivity index (χ4n) is 1.57. The topological polar surface area (TPSA) is 12.0 Å². The number of likely N-dealkylation sites (N-methyl/N-ethyl adjacent to an activating group) is 1. The lowest BCUT2D eigenvalue weighted by molar-refractivity contribution is -0.869. The summed E-state index contributed by atoms with van der Waals surface area (Å²) in [6.45, 7) is -2.90. The molecule has 27 heavy (non-hydrogen) atoms. The fourth-order valence-corrected chi connectivity index (χ4v) is 1.57. The quantitative estimate of drug-likeness (QED) is 0.328. The average Bonchev–Trinajstić information content (AvgIpc) is 2.40. The van der Waals surface area contributed by atoms with Crippen LogP contribution in [0.3, 0.4) is 0 Å². The molecule has 0 rings (SSSR count). The Hall–Kier alpha value is -0.990. The summed E-state index contributed by atoms with van der Waals surface area (Å²) in [5.74, 6) is -36.6. The van der Waals surface area contributed by atoms with E-state index >= 15 is 0 Å². The molecule has 0 aromatic rings. The Kier molecular flexibility index (Phi) is 6.86. The highest BCUT2D eigenvalue weighted by Crippen LogP contribution is 2.60. The zero-order chi connectivity index (χ0) is 22.3. The van der Waals surface area contributed by atoms with Crippen molar-refractivity contribution >= 4 is 0 Å². The third kappa shape index (κ3) is 4.71. The van der Waals surface area contributed by atoms with E-state index in [0.29, 0.717) is 0 Å². The fraction of sp³-hybridized carbons (Fsp3) is 1.00. The van der Waals surface area contributed by atoms with E-state index in [1.807, 2.05) is 0 Å². The molecule has 0 aromatic carbocycles. The lowest BCUT2D eigenvalue weighted by atomic mass is 9.94. The number of hydrogen-bond donors (Lipinski definition) is 1. The second-order valence-corrected chi connectivity index (χ2v) is 6.69. The molecule has 0 aliphatic carbocycles. The Bertz CT molecular complexity index is 504. The maximum atomic E-state index is 13.4. The Labute approximate surface area is 144 Å². The van der Waals surface area contributed by atoms with Gasteiger partial charge in [-0.3, -0.25) is 0 Å². The molecule has 0 amide bonds. The number of rotatable bonds is 9. The van der Waals surface area contributed by atoms with E-state index < -0.39 is 48.9 Å². The van der Waals surface area contributed by atoms with Crippen molar-refractivity contribution < 1.29 is 61.6 Å². The first-order valence-corrected chi connectivity index (χ1v) is 6.93. The molecule has 0 saturated heterocycles. The van der Waals surface area contributed by atoms with Crippen molar-refractivity contribution in [3.63, 3.8) is 0 Å². The Morgan fingerprint density at radius 2 is 0.963 bits per heavy atom. The number of nitrogens with one attached hydrogen (secondary N) is 1. The minimum Gasteiger partial charge on any atom is -0.330 e. The van der Waals surface area contributed by atoms with E-state index in [1.165, 1.54) is 21.1 Å². The Morgan fingerprint density at radius 1 is 0.593 bits per heavy atom. The van der Waals surface area contributed by atoms with Gasteiger partial charge in [-0.25, -0.2) is 0 Å². The largest absolute Gasteiger partial charge is 0.460 e. The maximum absolute atomic E-state index is 13.4. The van der Waals surface area contributed by atoms with Crippen LogP contribution in [0.25, 0.3) is 0 Å². The summed E-state index contributed by atoms with van der Waals surface area (Å²) in [6, 6.07) is 0. The SMILES string of the molecule is C[N+](C)(C)CCNCC(F)(F)C(F)(F)C(F)(F)C(F)(F)C(F)(F)C(F)(F)F. The summed E-state index contributed by atoms with van der Waals surface area (Å²) < 4.78 is 167. The van der Waals surface area contributed by atoms with Crippen molar-refractivity contribution in [1.29, 1.82) is 0 Å². The highest BCUT2D eigenvalue weighted by molar-refractivity contribution is 5.10. The predicted octanol–water partition coefficient (Wildman–Crippen LogP) is 4.02. The van der Waals surface area contributed by atoms with E-state index in [1.54, 1.807) is 5.32 Å². The van der Waals surface area contributed by atoms with Gasteiger partial charge in [-0.15, -0.1) is 0 Å². The molecule has 0 spiro atoms. The van der Waals surface area contributed by atoms with Crippen LogP contribution in [0.1, 0.15) is 0 Å². The minimum absolute atomic E-state index is 0.0274. The van der Waals surface area contributed by atoms with Crippen molar-refractivity contribution in [1.82, 2.24) is 5.32 Å². The van der Waals surface area contributed by atoms with E-state index in [4.69, 9.17) is 0 Å². The monoisotopic (exact) mass is 435 g/mol. The highest BCUT2D eigenvalue weighted by atomic mass is 19.4. The van der Waals surface area contributed by atoms with Crippen LogP contribution in [0.5, 0.6) is 0 Å². The second-order valence-electron chi connectivity index (χ2n) is 6.69. The zero-order valence-electron chi connectivity index (χ0n) is 14.0. The molecule has 2 nitrogen and oxygen atoms in total. The van der Waals surface area contributed by atoms with Gasteiger partial charge in [0, 0.05) is 6.54 Å². The number of nitrogens with zero attached hydrogens (tertiary/aromatic N) is 1. The predicted molar refractivity (Wildman–Crippen MR) is 66.6 cm³/mol. The lowest BCUT2D eigenvalue weighted by Gasteiger charge is -2.39. The lowest BCUT2D eigenvalue weighted by Crippen LogP contribution is -2.71. The highest BCUT2D eigenvalue weighted by Gasteiger charge is 2.90. The molecule has 0 aliphatic heterocycles. The molecule has 0 atom stereocenters. The van der Waals surface area contributed by atoms with Crippen molar-refractivity contribution in [3.05, 3.63) is 0 Å². The number of halogens is 13.